The summed E-state index contributed by atoms with van der Waals surface area (Å²) < 4.78 is 27.1. The van der Waals surface area contributed by atoms with Crippen LogP contribution in [0, 0.1) is 0 Å². The van der Waals surface area contributed by atoms with Gasteiger partial charge in [0.05, 0.1) is 15.6 Å². The maximum Gasteiger partial charge on any atom is 0.257 e. The lowest BCUT2D eigenvalue weighted by Gasteiger charge is -2.17. The van der Waals surface area contributed by atoms with Gasteiger partial charge in [0, 0.05) is 35.1 Å². The van der Waals surface area contributed by atoms with Gasteiger partial charge < -0.3 is 0 Å². The largest absolute Gasteiger partial charge is 0.298 e. The van der Waals surface area contributed by atoms with Crippen molar-refractivity contribution in [1.29, 1.82) is 0 Å². The number of rotatable bonds is 7. The van der Waals surface area contributed by atoms with Crippen LogP contribution in [0.25, 0.3) is 11.3 Å². The first-order valence-corrected chi connectivity index (χ1v) is 13.1. The molecule has 174 valence electrons. The molecule has 0 fully saturated rings. The summed E-state index contributed by atoms with van der Waals surface area (Å²) in [5.74, 6) is -0.398. The molecule has 6 nitrogen and oxygen atoms in total. The van der Waals surface area contributed by atoms with Crippen LogP contribution in [0.4, 0.5) is 5.13 Å². The third-order valence-electron chi connectivity index (χ3n) is 5.00. The summed E-state index contributed by atoms with van der Waals surface area (Å²) >= 11 is 13.4. The molecule has 0 spiro atoms. The number of benzene rings is 3. The molecule has 0 aliphatic carbocycles. The van der Waals surface area contributed by atoms with Crippen LogP contribution in [-0.2, 0) is 16.6 Å². The van der Waals surface area contributed by atoms with E-state index in [1.54, 1.807) is 23.6 Å². The third-order valence-corrected chi connectivity index (χ3v) is 8.13. The van der Waals surface area contributed by atoms with Crippen molar-refractivity contribution in [3.63, 3.8) is 0 Å². The van der Waals surface area contributed by atoms with Gasteiger partial charge in [-0.3, -0.25) is 10.1 Å². The fourth-order valence-electron chi connectivity index (χ4n) is 3.21. The van der Waals surface area contributed by atoms with Crippen molar-refractivity contribution in [3.05, 3.63) is 99.3 Å². The standard InChI is InChI=1S/C24H19Cl2N3O3S2/c1-29(14-16-5-3-2-4-6-16)34(31,32)19-10-7-17(8-11-19)23(30)28-24-27-22(15-33-24)20-12-9-18(25)13-21(20)26/h2-13,15H,14H2,1H3,(H,27,28,30). The molecular weight excluding hydrogens is 513 g/mol. The Hall–Kier alpha value is -2.75. The highest BCUT2D eigenvalue weighted by atomic mass is 35.5. The van der Waals surface area contributed by atoms with Gasteiger partial charge in [-0.05, 0) is 48.0 Å². The Morgan fingerprint density at radius 1 is 1.03 bits per heavy atom. The van der Waals surface area contributed by atoms with Crippen LogP contribution in [0.2, 0.25) is 10.0 Å². The first-order chi connectivity index (χ1) is 16.2. The molecule has 1 N–H and O–H groups in total. The number of hydrogen-bond acceptors (Lipinski definition) is 5. The number of hydrogen-bond donors (Lipinski definition) is 1. The highest BCUT2D eigenvalue weighted by Gasteiger charge is 2.21. The normalized spacial score (nSPS) is 11.5. The second-order valence-electron chi connectivity index (χ2n) is 7.39. The summed E-state index contributed by atoms with van der Waals surface area (Å²) in [6, 6.07) is 20.2. The number of nitrogens with zero attached hydrogens (tertiary/aromatic N) is 2. The van der Waals surface area contributed by atoms with Gasteiger partial charge in [-0.1, -0.05) is 53.5 Å². The zero-order chi connectivity index (χ0) is 24.3. The number of nitrogens with one attached hydrogen (secondary N) is 1. The highest BCUT2D eigenvalue weighted by Crippen LogP contribution is 2.32. The van der Waals surface area contributed by atoms with Crippen molar-refractivity contribution >= 4 is 55.6 Å². The number of sulfonamides is 1. The van der Waals surface area contributed by atoms with Gasteiger partial charge in [0.15, 0.2) is 5.13 Å². The van der Waals surface area contributed by atoms with Crippen LogP contribution in [0.3, 0.4) is 0 Å². The van der Waals surface area contributed by atoms with Crippen molar-refractivity contribution in [3.8, 4) is 11.3 Å². The van der Waals surface area contributed by atoms with E-state index in [4.69, 9.17) is 23.2 Å². The molecule has 0 aliphatic heterocycles. The topological polar surface area (TPSA) is 79.4 Å². The molecule has 1 aromatic heterocycles. The van der Waals surface area contributed by atoms with Crippen molar-refractivity contribution < 1.29 is 13.2 Å². The lowest BCUT2D eigenvalue weighted by atomic mass is 10.2. The number of anilines is 1. The molecule has 0 saturated heterocycles. The summed E-state index contributed by atoms with van der Waals surface area (Å²) in [6.07, 6.45) is 0. The van der Waals surface area contributed by atoms with Crippen molar-refractivity contribution in [1.82, 2.24) is 9.29 Å². The minimum atomic E-state index is -3.70. The number of carbonyl (C=O) groups is 1. The molecule has 4 aromatic rings. The Bertz CT molecular complexity index is 1420. The van der Waals surface area contributed by atoms with E-state index in [1.807, 2.05) is 30.3 Å². The van der Waals surface area contributed by atoms with Crippen LogP contribution in [0.15, 0.2) is 83.1 Å². The Labute approximate surface area is 211 Å². The number of halogens is 2. The SMILES string of the molecule is CN(Cc1ccccc1)S(=O)(=O)c1ccc(C(=O)Nc2nc(-c3ccc(Cl)cc3Cl)cs2)cc1. The van der Waals surface area contributed by atoms with E-state index in [1.165, 1.54) is 47.0 Å². The van der Waals surface area contributed by atoms with E-state index >= 15 is 0 Å². The Kier molecular flexibility index (Phi) is 7.35. The van der Waals surface area contributed by atoms with Gasteiger partial charge in [0.1, 0.15) is 0 Å². The number of thiazole rings is 1. The molecule has 0 saturated carbocycles. The van der Waals surface area contributed by atoms with Crippen LogP contribution >= 0.6 is 34.5 Å². The number of carbonyl (C=O) groups excluding carboxylic acids is 1. The van der Waals surface area contributed by atoms with E-state index in [-0.39, 0.29) is 11.4 Å². The number of amides is 1. The molecule has 34 heavy (non-hydrogen) atoms. The molecule has 0 atom stereocenters. The quantitative estimate of drug-likeness (QED) is 0.308. The molecule has 0 bridgehead atoms. The summed E-state index contributed by atoms with van der Waals surface area (Å²) in [4.78, 5) is 17.2. The van der Waals surface area contributed by atoms with Crippen molar-refractivity contribution in [2.45, 2.75) is 11.4 Å². The van der Waals surface area contributed by atoms with Gasteiger partial charge >= 0.3 is 0 Å². The first-order valence-electron chi connectivity index (χ1n) is 10.1. The molecule has 10 heteroatoms. The van der Waals surface area contributed by atoms with E-state index in [0.717, 1.165) is 5.56 Å². The van der Waals surface area contributed by atoms with Gasteiger partial charge in [-0.15, -0.1) is 11.3 Å². The lowest BCUT2D eigenvalue weighted by Crippen LogP contribution is -2.26. The fraction of sp³-hybridized carbons (Fsp3) is 0.0833. The summed E-state index contributed by atoms with van der Waals surface area (Å²) in [7, 11) is -2.18. The van der Waals surface area contributed by atoms with E-state index in [0.29, 0.717) is 32.0 Å². The molecule has 3 aromatic carbocycles. The summed E-state index contributed by atoms with van der Waals surface area (Å²) in [6.45, 7) is 0.245. The van der Waals surface area contributed by atoms with E-state index in [2.05, 4.69) is 10.3 Å². The zero-order valence-corrected chi connectivity index (χ0v) is 21.0. The summed E-state index contributed by atoms with van der Waals surface area (Å²) in [5, 5.41) is 5.89. The van der Waals surface area contributed by atoms with Crippen LogP contribution < -0.4 is 5.32 Å². The smallest absolute Gasteiger partial charge is 0.257 e. The van der Waals surface area contributed by atoms with Crippen LogP contribution in [0.1, 0.15) is 15.9 Å². The molecule has 4 rings (SSSR count). The molecule has 0 unspecified atom stereocenters. The second kappa shape index (κ2) is 10.2. The first kappa shape index (κ1) is 24.4. The minimum absolute atomic E-state index is 0.108. The molecular formula is C24H19Cl2N3O3S2. The fourth-order valence-corrected chi connectivity index (χ4v) is 5.57. The van der Waals surface area contributed by atoms with E-state index < -0.39 is 15.9 Å². The number of aromatic nitrogens is 1. The Morgan fingerprint density at radius 2 is 1.74 bits per heavy atom. The monoisotopic (exact) mass is 531 g/mol. The Morgan fingerprint density at radius 3 is 2.41 bits per heavy atom. The van der Waals surface area contributed by atoms with Crippen molar-refractivity contribution in [2.75, 3.05) is 12.4 Å². The minimum Gasteiger partial charge on any atom is -0.298 e. The maximum atomic E-state index is 12.9. The summed E-state index contributed by atoms with van der Waals surface area (Å²) in [5.41, 5.74) is 2.51. The predicted octanol–water partition coefficient (Wildman–Crippen LogP) is 6.19. The average molecular weight is 532 g/mol. The molecule has 0 radical (unpaired) electrons. The van der Waals surface area contributed by atoms with Gasteiger partial charge in [-0.2, -0.15) is 4.31 Å². The van der Waals surface area contributed by atoms with Gasteiger partial charge in [0.2, 0.25) is 10.0 Å². The van der Waals surface area contributed by atoms with Crippen LogP contribution in [0.5, 0.6) is 0 Å². The molecule has 0 aliphatic rings. The zero-order valence-electron chi connectivity index (χ0n) is 17.9. The Balaban J connectivity index is 1.45. The molecule has 1 heterocycles. The third kappa shape index (κ3) is 5.48. The van der Waals surface area contributed by atoms with Gasteiger partial charge in [0.25, 0.3) is 5.91 Å². The van der Waals surface area contributed by atoms with Crippen LogP contribution in [-0.4, -0.2) is 30.7 Å². The highest BCUT2D eigenvalue weighted by molar-refractivity contribution is 7.89. The van der Waals surface area contributed by atoms with E-state index in [9.17, 15) is 13.2 Å². The maximum absolute atomic E-state index is 12.9. The predicted molar refractivity (Wildman–Crippen MR) is 137 cm³/mol. The average Bonchev–Trinajstić information content (AvgIpc) is 3.27. The molecule has 1 amide bonds. The van der Waals surface area contributed by atoms with Crippen molar-refractivity contribution in [2.24, 2.45) is 0 Å². The lowest BCUT2D eigenvalue weighted by molar-refractivity contribution is 0.102. The van der Waals surface area contributed by atoms with Gasteiger partial charge in [-0.25, -0.2) is 13.4 Å². The second-order valence-corrected chi connectivity index (χ2v) is 11.1.